The Labute approximate surface area is 404 Å². The van der Waals surface area contributed by atoms with Crippen molar-refractivity contribution >= 4 is 81.5 Å². The topological polar surface area (TPSA) is 329 Å². The number of carbonyl (C=O) groups excluding carboxylic acids is 7. The molecule has 1 fully saturated rings. The first-order chi connectivity index (χ1) is 30.9. The van der Waals surface area contributed by atoms with Crippen molar-refractivity contribution in [3.8, 4) is 0 Å². The Balaban J connectivity index is -0.000000757. The van der Waals surface area contributed by atoms with Crippen LogP contribution in [0.5, 0.6) is 0 Å². The second-order valence-corrected chi connectivity index (χ2v) is 13.3. The average Bonchev–Trinajstić information content (AvgIpc) is 3.60. The summed E-state index contributed by atoms with van der Waals surface area (Å²) in [7, 11) is 2.82. The Hall–Kier alpha value is -5.34. The van der Waals surface area contributed by atoms with E-state index in [0.717, 1.165) is 51.7 Å². The molecule has 5 N–H and O–H groups in total. The van der Waals surface area contributed by atoms with Crippen molar-refractivity contribution in [2.45, 2.75) is 30.6 Å². The molecule has 24 heteroatoms. The summed E-state index contributed by atoms with van der Waals surface area (Å²) in [6.07, 6.45) is 3.83. The number of cyclic esters (lactones) is 1. The molecule has 363 valence electrons. The molecule has 0 aliphatic carbocycles. The molecule has 0 spiro atoms. The predicted octanol–water partition coefficient (Wildman–Crippen LogP) is 1.71. The van der Waals surface area contributed by atoms with E-state index in [1.165, 1.54) is 58.8 Å². The molecule has 1 aliphatic heterocycles. The molecule has 22 nitrogen and oxygen atoms in total. The van der Waals surface area contributed by atoms with Crippen LogP contribution in [0.3, 0.4) is 0 Å². The van der Waals surface area contributed by atoms with E-state index in [2.05, 4.69) is 33.2 Å². The van der Waals surface area contributed by atoms with Crippen LogP contribution in [-0.2, 0) is 52.8 Å². The molecular weight excluding hydrogens is 911 g/mol. The maximum absolute atomic E-state index is 11.3. The van der Waals surface area contributed by atoms with Gasteiger partial charge in [-0.25, -0.2) is 28.8 Å². The number of hydrogen-bond donors (Lipinski definition) is 5. The van der Waals surface area contributed by atoms with Gasteiger partial charge in [0, 0.05) is 36.0 Å². The number of hydrogen-bond acceptors (Lipinski definition) is 21. The van der Waals surface area contributed by atoms with Crippen molar-refractivity contribution < 1.29 is 105 Å². The molecular formula is C42H56NaO22S. The Kier molecular flexibility index (Phi) is 38.3. The number of ether oxygens (including phenoxy) is 8. The summed E-state index contributed by atoms with van der Waals surface area (Å²) in [6, 6.07) is 15.1. The second-order valence-electron chi connectivity index (χ2n) is 11.9. The maximum atomic E-state index is 11.3. The summed E-state index contributed by atoms with van der Waals surface area (Å²) in [5.74, 6) is -3.52. The van der Waals surface area contributed by atoms with E-state index in [1.54, 1.807) is 18.2 Å². The summed E-state index contributed by atoms with van der Waals surface area (Å²) in [5.41, 5.74) is 1.09. The normalized spacial score (nSPS) is 11.0. The van der Waals surface area contributed by atoms with Crippen molar-refractivity contribution in [3.05, 3.63) is 100 Å². The zero-order valence-electron chi connectivity index (χ0n) is 37.7. The van der Waals surface area contributed by atoms with Crippen LogP contribution in [-0.4, -0.2) is 194 Å². The van der Waals surface area contributed by atoms with Gasteiger partial charge >= 0.3 is 41.8 Å². The van der Waals surface area contributed by atoms with Gasteiger partial charge in [-0.3, -0.25) is 9.35 Å². The van der Waals surface area contributed by atoms with Gasteiger partial charge in [0.2, 0.25) is 0 Å². The summed E-state index contributed by atoms with van der Waals surface area (Å²) in [6.45, 7) is 1.08. The van der Waals surface area contributed by atoms with Gasteiger partial charge in [0.25, 0.3) is 10.1 Å². The molecule has 1 heterocycles. The largest absolute Gasteiger partial charge is 0.466 e. The first-order valence-corrected chi connectivity index (χ1v) is 20.3. The Morgan fingerprint density at radius 2 is 0.864 bits per heavy atom. The first kappa shape index (κ1) is 64.9. The van der Waals surface area contributed by atoms with Gasteiger partial charge in [0.05, 0.1) is 127 Å². The molecule has 0 bridgehead atoms. The van der Waals surface area contributed by atoms with Gasteiger partial charge in [-0.15, -0.1) is 0 Å². The number of esters is 7. The smallest absolute Gasteiger partial charge is 0.337 e. The molecule has 0 atom stereocenters. The van der Waals surface area contributed by atoms with E-state index in [1.807, 2.05) is 0 Å². The van der Waals surface area contributed by atoms with Gasteiger partial charge in [-0.05, 0) is 79.9 Å². The SMILES string of the molecule is COC(=O)c1cc(C(=O)OC)cc(S(=O)(=O)O)c1.COC(=O)c1ccc(C(=O)OC)cc1.COC(=O)c1cccc(C(=O)OC)c1.O=C1CCCCCO1.OCCO.OCCOCCO.[Na]. The number of benzene rings is 3. The van der Waals surface area contributed by atoms with Crippen molar-refractivity contribution in [3.63, 3.8) is 0 Å². The molecule has 0 saturated carbocycles. The van der Waals surface area contributed by atoms with Crippen molar-refractivity contribution in [1.29, 1.82) is 0 Å². The molecule has 0 unspecified atom stereocenters. The number of carbonyl (C=O) groups is 7. The van der Waals surface area contributed by atoms with E-state index in [9.17, 15) is 42.0 Å². The number of methoxy groups -OCH3 is 6. The molecule has 66 heavy (non-hydrogen) atoms. The van der Waals surface area contributed by atoms with Gasteiger partial charge in [-0.1, -0.05) is 6.07 Å². The number of aliphatic hydroxyl groups excluding tert-OH is 4. The maximum Gasteiger partial charge on any atom is 0.337 e. The third-order valence-electron chi connectivity index (χ3n) is 7.34. The summed E-state index contributed by atoms with van der Waals surface area (Å²) in [5, 5.41) is 31.4. The van der Waals surface area contributed by atoms with E-state index >= 15 is 0 Å². The summed E-state index contributed by atoms with van der Waals surface area (Å²) >= 11 is 0. The molecule has 3 aromatic rings. The van der Waals surface area contributed by atoms with Crippen LogP contribution in [0.2, 0.25) is 0 Å². The zero-order valence-corrected chi connectivity index (χ0v) is 40.5. The fourth-order valence-electron chi connectivity index (χ4n) is 4.24. The molecule has 1 saturated heterocycles. The predicted molar refractivity (Wildman–Crippen MR) is 232 cm³/mol. The zero-order chi connectivity index (χ0) is 49.8. The van der Waals surface area contributed by atoms with Crippen molar-refractivity contribution in [2.75, 3.05) is 88.9 Å². The minimum absolute atomic E-state index is 0. The Bertz CT molecular complexity index is 1910. The molecule has 0 aromatic heterocycles. The fraction of sp³-hybridized carbons (Fsp3) is 0.405. The molecule has 1 radical (unpaired) electrons. The summed E-state index contributed by atoms with van der Waals surface area (Å²) < 4.78 is 67.2. The molecule has 3 aromatic carbocycles. The van der Waals surface area contributed by atoms with Crippen LogP contribution < -0.4 is 0 Å². The van der Waals surface area contributed by atoms with Crippen LogP contribution in [0.1, 0.15) is 87.8 Å². The van der Waals surface area contributed by atoms with E-state index in [4.69, 9.17) is 29.7 Å². The summed E-state index contributed by atoms with van der Waals surface area (Å²) in [4.78, 5) is 76.7. The monoisotopic (exact) mass is 967 g/mol. The number of aliphatic hydroxyl groups is 4. The van der Waals surface area contributed by atoms with Crippen LogP contribution >= 0.6 is 0 Å². The van der Waals surface area contributed by atoms with Crippen LogP contribution in [0.25, 0.3) is 0 Å². The van der Waals surface area contributed by atoms with Crippen LogP contribution in [0.15, 0.2) is 71.6 Å². The Morgan fingerprint density at radius 3 is 1.20 bits per heavy atom. The Morgan fingerprint density at radius 1 is 0.515 bits per heavy atom. The van der Waals surface area contributed by atoms with Crippen molar-refractivity contribution in [1.82, 2.24) is 0 Å². The van der Waals surface area contributed by atoms with Gasteiger partial charge in [-0.2, -0.15) is 8.42 Å². The molecule has 4 rings (SSSR count). The fourth-order valence-corrected chi connectivity index (χ4v) is 4.80. The standard InChI is InChI=1S/C10H10O7S.2C10H10O4.C6H10O2.C4H10O3.C2H6O2.Na/c1-16-9(11)6-3-7(10(12)17-2)5-8(4-6)18(13,14)15;1-13-9(11)7-3-5-8(6-4-7)10(12)14-2;1-13-9(11)7-4-3-5-8(6-7)10(12)14-2;7-6-4-2-1-3-5-8-6;5-1-3-7-4-2-6;3-1-2-4;/h3-5H,1-2H3,(H,13,14,15);2*3-6H,1-2H3;1-5H2;5-6H,1-4H2;3-4H,1-2H2;. The minimum Gasteiger partial charge on any atom is -0.466 e. The van der Waals surface area contributed by atoms with Crippen LogP contribution in [0, 0.1) is 0 Å². The third kappa shape index (κ3) is 28.5. The van der Waals surface area contributed by atoms with Gasteiger partial charge < -0.3 is 58.3 Å². The minimum atomic E-state index is -4.55. The average molecular weight is 968 g/mol. The van der Waals surface area contributed by atoms with E-state index in [0.29, 0.717) is 48.5 Å². The van der Waals surface area contributed by atoms with Crippen molar-refractivity contribution in [2.24, 2.45) is 0 Å². The van der Waals surface area contributed by atoms with E-state index in [-0.39, 0.29) is 73.1 Å². The third-order valence-corrected chi connectivity index (χ3v) is 8.17. The molecule has 1 aliphatic rings. The first-order valence-electron chi connectivity index (χ1n) is 18.9. The van der Waals surface area contributed by atoms with Gasteiger partial charge in [0.15, 0.2) is 0 Å². The second kappa shape index (κ2) is 38.9. The van der Waals surface area contributed by atoms with Gasteiger partial charge in [0.1, 0.15) is 0 Å². The quantitative estimate of drug-likeness (QED) is 0.0567. The van der Waals surface area contributed by atoms with E-state index < -0.39 is 50.8 Å². The number of rotatable bonds is 12. The van der Waals surface area contributed by atoms with Crippen LogP contribution in [0.4, 0.5) is 0 Å². The molecule has 0 amide bonds.